The third kappa shape index (κ3) is 3.57. The lowest BCUT2D eigenvalue weighted by atomic mass is 9.85. The molecule has 2 amide bonds. The minimum atomic E-state index is -0.759. The van der Waals surface area contributed by atoms with Crippen LogP contribution in [0.4, 0.5) is 0 Å². The van der Waals surface area contributed by atoms with Gasteiger partial charge in [0, 0.05) is 48.2 Å². The third-order valence-electron chi connectivity index (χ3n) is 6.50. The molecule has 1 spiro atoms. The number of carbonyl (C=O) groups excluding carboxylic acids is 2. The van der Waals surface area contributed by atoms with Gasteiger partial charge < -0.3 is 20.5 Å². The number of aromatic nitrogens is 2. The van der Waals surface area contributed by atoms with Gasteiger partial charge in [0.25, 0.3) is 5.91 Å². The predicted octanol–water partition coefficient (Wildman–Crippen LogP) is 3.25. The maximum Gasteiger partial charge on any atom is 0.254 e. The van der Waals surface area contributed by atoms with E-state index in [4.69, 9.17) is 17.3 Å². The monoisotopic (exact) mass is 449 g/mol. The van der Waals surface area contributed by atoms with Crippen LogP contribution in [0.25, 0.3) is 11.4 Å². The first-order chi connectivity index (χ1) is 15.5. The molecule has 1 unspecified atom stereocenters. The molecule has 1 atom stereocenters. The number of hydrogen-bond acceptors (Lipinski definition) is 4. The number of nitrogens with one attached hydrogen (secondary N) is 1. The Morgan fingerprint density at radius 1 is 1.16 bits per heavy atom. The van der Waals surface area contributed by atoms with E-state index in [1.165, 1.54) is 0 Å². The van der Waals surface area contributed by atoms with Crippen LogP contribution in [0, 0.1) is 0 Å². The molecule has 0 saturated carbocycles. The molecule has 0 aliphatic carbocycles. The molecule has 2 aliphatic rings. The molecule has 3 N–H and O–H groups in total. The van der Waals surface area contributed by atoms with Crippen LogP contribution in [0.2, 0.25) is 5.02 Å². The minimum Gasteiger partial charge on any atom is -0.345 e. The van der Waals surface area contributed by atoms with Crippen molar-refractivity contribution in [2.24, 2.45) is 5.73 Å². The normalized spacial score (nSPS) is 17.9. The van der Waals surface area contributed by atoms with Crippen LogP contribution in [0.15, 0.2) is 60.9 Å². The van der Waals surface area contributed by atoms with Crippen molar-refractivity contribution in [2.45, 2.75) is 24.4 Å². The number of aromatic amines is 1. The first kappa shape index (κ1) is 20.7. The maximum absolute atomic E-state index is 13.3. The molecule has 7 nitrogen and oxygen atoms in total. The molecular weight excluding hydrogens is 426 g/mol. The molecule has 5 rings (SSSR count). The summed E-state index contributed by atoms with van der Waals surface area (Å²) in [4.78, 5) is 37.2. The Bertz CT molecular complexity index is 1140. The molecule has 1 aromatic heterocycles. The Kier molecular flexibility index (Phi) is 5.23. The zero-order chi connectivity index (χ0) is 22.3. The van der Waals surface area contributed by atoms with Crippen LogP contribution in [0.1, 0.15) is 34.8 Å². The summed E-state index contributed by atoms with van der Waals surface area (Å²) in [6.45, 7) is 1.72. The number of imidazole rings is 1. The molecule has 2 fully saturated rings. The highest BCUT2D eigenvalue weighted by Crippen LogP contribution is 2.39. The fourth-order valence-electron chi connectivity index (χ4n) is 4.79. The number of carbonyl (C=O) groups is 2. The van der Waals surface area contributed by atoms with E-state index >= 15 is 0 Å². The van der Waals surface area contributed by atoms with Crippen molar-refractivity contribution in [3.05, 3.63) is 77.1 Å². The van der Waals surface area contributed by atoms with Crippen LogP contribution in [0.3, 0.4) is 0 Å². The predicted molar refractivity (Wildman–Crippen MR) is 122 cm³/mol. The van der Waals surface area contributed by atoms with E-state index in [1.807, 2.05) is 35.2 Å². The number of amides is 2. The number of likely N-dealkylation sites (tertiary alicyclic amines) is 2. The molecule has 2 aromatic carbocycles. The highest BCUT2D eigenvalue weighted by atomic mass is 35.5. The zero-order valence-corrected chi connectivity index (χ0v) is 18.3. The van der Waals surface area contributed by atoms with Gasteiger partial charge in [0.1, 0.15) is 11.9 Å². The van der Waals surface area contributed by atoms with Gasteiger partial charge in [0.15, 0.2) is 0 Å². The van der Waals surface area contributed by atoms with Gasteiger partial charge in [-0.2, -0.15) is 0 Å². The van der Waals surface area contributed by atoms with Crippen molar-refractivity contribution in [2.75, 3.05) is 19.6 Å². The summed E-state index contributed by atoms with van der Waals surface area (Å²) >= 11 is 6.04. The van der Waals surface area contributed by atoms with Gasteiger partial charge in [-0.25, -0.2) is 4.98 Å². The number of nitrogens with zero attached hydrogens (tertiary/aromatic N) is 3. The Morgan fingerprint density at radius 3 is 2.62 bits per heavy atom. The van der Waals surface area contributed by atoms with Crippen LogP contribution in [-0.2, 0) is 4.79 Å². The van der Waals surface area contributed by atoms with Crippen molar-refractivity contribution in [1.82, 2.24) is 19.8 Å². The summed E-state index contributed by atoms with van der Waals surface area (Å²) in [5, 5.41) is 0.552. The number of halogens is 1. The second-order valence-corrected chi connectivity index (χ2v) is 8.96. The van der Waals surface area contributed by atoms with Gasteiger partial charge in [-0.15, -0.1) is 0 Å². The molecule has 3 aromatic rings. The zero-order valence-electron chi connectivity index (χ0n) is 17.5. The lowest BCUT2D eigenvalue weighted by molar-refractivity contribution is -0.144. The fraction of sp³-hybridized carbons (Fsp3) is 0.292. The summed E-state index contributed by atoms with van der Waals surface area (Å²) in [7, 11) is 0. The molecule has 2 saturated heterocycles. The van der Waals surface area contributed by atoms with E-state index in [1.54, 1.807) is 35.5 Å². The Labute approximate surface area is 191 Å². The van der Waals surface area contributed by atoms with Gasteiger partial charge >= 0.3 is 0 Å². The van der Waals surface area contributed by atoms with E-state index in [0.717, 1.165) is 24.2 Å². The Hall–Kier alpha value is -3.16. The molecule has 0 bridgehead atoms. The second-order valence-electron chi connectivity index (χ2n) is 8.53. The van der Waals surface area contributed by atoms with E-state index in [-0.39, 0.29) is 17.4 Å². The first-order valence-electron chi connectivity index (χ1n) is 10.7. The van der Waals surface area contributed by atoms with Gasteiger partial charge in [-0.3, -0.25) is 9.59 Å². The van der Waals surface area contributed by atoms with E-state index in [0.29, 0.717) is 35.8 Å². The summed E-state index contributed by atoms with van der Waals surface area (Å²) in [5.74, 6) is 0.630. The lowest BCUT2D eigenvalue weighted by Crippen LogP contribution is -2.70. The largest absolute Gasteiger partial charge is 0.345 e. The lowest BCUT2D eigenvalue weighted by Gasteiger charge is -2.53. The molecule has 8 heteroatoms. The molecule has 0 radical (unpaired) electrons. The summed E-state index contributed by atoms with van der Waals surface area (Å²) < 4.78 is 0. The number of H-pyrrole nitrogens is 1. The van der Waals surface area contributed by atoms with E-state index < -0.39 is 6.04 Å². The van der Waals surface area contributed by atoms with Crippen LogP contribution < -0.4 is 5.73 Å². The smallest absolute Gasteiger partial charge is 0.254 e. The van der Waals surface area contributed by atoms with Crippen molar-refractivity contribution in [3.63, 3.8) is 0 Å². The average molecular weight is 450 g/mol. The highest BCUT2D eigenvalue weighted by Gasteiger charge is 2.54. The standard InChI is InChI=1S/C24H24ClN5O2/c25-19-4-1-3-18(13-19)20(26)23(32)29-14-24(15-29)9-2-12-30(24)22(31)17-7-5-16(6-8-17)21-27-10-11-28-21/h1,3-8,10-11,13,20H,2,9,12,14-15,26H2,(H,27,28). The van der Waals surface area contributed by atoms with Crippen LogP contribution in [-0.4, -0.2) is 56.8 Å². The van der Waals surface area contributed by atoms with Crippen LogP contribution >= 0.6 is 11.6 Å². The number of benzene rings is 2. The van der Waals surface area contributed by atoms with Crippen molar-refractivity contribution in [3.8, 4) is 11.4 Å². The highest BCUT2D eigenvalue weighted by molar-refractivity contribution is 6.30. The summed E-state index contributed by atoms with van der Waals surface area (Å²) in [6.07, 6.45) is 5.28. The average Bonchev–Trinajstić information content (AvgIpc) is 3.47. The quantitative estimate of drug-likeness (QED) is 0.639. The maximum atomic E-state index is 13.3. The molecule has 2 aliphatic heterocycles. The van der Waals surface area contributed by atoms with Crippen molar-refractivity contribution in [1.29, 1.82) is 0 Å². The first-order valence-corrected chi connectivity index (χ1v) is 11.1. The molecule has 32 heavy (non-hydrogen) atoms. The van der Waals surface area contributed by atoms with Crippen molar-refractivity contribution >= 4 is 23.4 Å². The van der Waals surface area contributed by atoms with Gasteiger partial charge in [-0.05, 0) is 42.7 Å². The van der Waals surface area contributed by atoms with Gasteiger partial charge in [0.05, 0.1) is 5.54 Å². The van der Waals surface area contributed by atoms with Gasteiger partial charge in [0.2, 0.25) is 5.91 Å². The Balaban J connectivity index is 1.27. The summed E-state index contributed by atoms with van der Waals surface area (Å²) in [6, 6.07) is 13.8. The number of nitrogens with two attached hydrogens (primary N) is 1. The van der Waals surface area contributed by atoms with E-state index in [2.05, 4.69) is 9.97 Å². The summed E-state index contributed by atoms with van der Waals surface area (Å²) in [5.41, 5.74) is 8.17. The third-order valence-corrected chi connectivity index (χ3v) is 6.74. The number of hydrogen-bond donors (Lipinski definition) is 2. The molecule has 164 valence electrons. The van der Waals surface area contributed by atoms with Crippen LogP contribution in [0.5, 0.6) is 0 Å². The number of rotatable bonds is 4. The van der Waals surface area contributed by atoms with Crippen molar-refractivity contribution < 1.29 is 9.59 Å². The van der Waals surface area contributed by atoms with E-state index in [9.17, 15) is 9.59 Å². The minimum absolute atomic E-state index is 0.000247. The van der Waals surface area contributed by atoms with Gasteiger partial charge in [-0.1, -0.05) is 35.9 Å². The Morgan fingerprint density at radius 2 is 1.94 bits per heavy atom. The fourth-order valence-corrected chi connectivity index (χ4v) is 4.99. The second kappa shape index (κ2) is 8.07. The SMILES string of the molecule is NC(C(=O)N1CC2(CCCN2C(=O)c2ccc(-c3ncc[nH]3)cc2)C1)c1cccc(Cl)c1. The molecule has 3 heterocycles. The molecular formula is C24H24ClN5O2. The topological polar surface area (TPSA) is 95.3 Å².